The molecule has 0 aliphatic carbocycles. The molecule has 0 aliphatic rings. The maximum atomic E-state index is 14.3. The lowest BCUT2D eigenvalue weighted by atomic mass is 10.1. The van der Waals surface area contributed by atoms with Crippen molar-refractivity contribution in [3.8, 4) is 29.3 Å². The lowest BCUT2D eigenvalue weighted by molar-refractivity contribution is 0.232. The van der Waals surface area contributed by atoms with Crippen LogP contribution in [0.15, 0.2) is 12.1 Å². The number of methoxy groups -OCH3 is 2. The maximum Gasteiger partial charge on any atom is 0.355 e. The minimum absolute atomic E-state index is 0.275. The van der Waals surface area contributed by atoms with E-state index in [1.807, 2.05) is 0 Å². The van der Waals surface area contributed by atoms with E-state index < -0.39 is 55.6 Å². The SMILES string of the molecule is COc1nc(OC)nc(-c2c(O)n(S(=O)(=O)C(F)F)c3c(F)cc(F)cc23)n1. The van der Waals surface area contributed by atoms with E-state index in [2.05, 4.69) is 15.0 Å². The molecule has 9 nitrogen and oxygen atoms in total. The minimum Gasteiger partial charge on any atom is -0.493 e. The van der Waals surface area contributed by atoms with Gasteiger partial charge in [-0.15, -0.1) is 4.98 Å². The van der Waals surface area contributed by atoms with Crippen LogP contribution in [0.25, 0.3) is 22.3 Å². The number of alkyl halides is 2. The monoisotopic (exact) mass is 422 g/mol. The van der Waals surface area contributed by atoms with E-state index in [9.17, 15) is 31.1 Å². The first kappa shape index (κ1) is 19.6. The zero-order chi connectivity index (χ0) is 20.8. The second-order valence-electron chi connectivity index (χ2n) is 5.18. The van der Waals surface area contributed by atoms with E-state index in [-0.39, 0.29) is 22.1 Å². The normalized spacial score (nSPS) is 12.0. The number of hydrogen-bond acceptors (Lipinski definition) is 8. The van der Waals surface area contributed by atoms with Gasteiger partial charge in [-0.25, -0.2) is 8.78 Å². The molecule has 3 aromatic rings. The number of ether oxygens (including phenoxy) is 2. The van der Waals surface area contributed by atoms with Gasteiger partial charge in [0.15, 0.2) is 11.6 Å². The Morgan fingerprint density at radius 3 is 2.14 bits per heavy atom. The van der Waals surface area contributed by atoms with Crippen LogP contribution < -0.4 is 9.47 Å². The Morgan fingerprint density at radius 1 is 1.07 bits per heavy atom. The molecule has 150 valence electrons. The molecule has 0 bridgehead atoms. The summed E-state index contributed by atoms with van der Waals surface area (Å²) in [6, 6.07) is 0.206. The number of benzene rings is 1. The topological polar surface area (TPSA) is 116 Å². The molecule has 0 saturated carbocycles. The van der Waals surface area contributed by atoms with Gasteiger partial charge in [0.25, 0.3) is 0 Å². The standard InChI is InChI=1S/C14H10F4N4O5S/c1-26-13-19-10(20-14(21-13)27-2)8-6-3-5(15)4-7(16)9(6)22(11(8)23)28(24,25)12(17)18/h3-4,12,23H,1-2H3. The largest absolute Gasteiger partial charge is 0.493 e. The van der Waals surface area contributed by atoms with Gasteiger partial charge in [0, 0.05) is 11.5 Å². The van der Waals surface area contributed by atoms with Crippen molar-refractivity contribution in [3.05, 3.63) is 23.8 Å². The minimum atomic E-state index is -5.55. The second-order valence-corrected chi connectivity index (χ2v) is 6.94. The van der Waals surface area contributed by atoms with Crippen LogP contribution >= 0.6 is 0 Å². The van der Waals surface area contributed by atoms with Crippen LogP contribution in [-0.2, 0) is 10.0 Å². The second kappa shape index (κ2) is 6.78. The molecule has 0 radical (unpaired) electrons. The highest BCUT2D eigenvalue weighted by Gasteiger charge is 2.35. The average molecular weight is 422 g/mol. The van der Waals surface area contributed by atoms with Gasteiger partial charge in [0.05, 0.1) is 19.8 Å². The molecule has 14 heteroatoms. The van der Waals surface area contributed by atoms with Crippen molar-refractivity contribution in [1.29, 1.82) is 0 Å². The first-order valence-corrected chi connectivity index (χ1v) is 8.71. The van der Waals surface area contributed by atoms with Crippen molar-refractivity contribution in [3.63, 3.8) is 0 Å². The highest BCUT2D eigenvalue weighted by Crippen LogP contribution is 2.41. The van der Waals surface area contributed by atoms with Crippen molar-refractivity contribution in [2.45, 2.75) is 5.76 Å². The Kier molecular flexibility index (Phi) is 4.74. The van der Waals surface area contributed by atoms with Crippen LogP contribution in [0.2, 0.25) is 0 Å². The number of aromatic hydroxyl groups is 1. The summed E-state index contributed by atoms with van der Waals surface area (Å²) in [6.45, 7) is 0. The molecule has 28 heavy (non-hydrogen) atoms. The molecule has 0 unspecified atom stereocenters. The van der Waals surface area contributed by atoms with E-state index in [1.54, 1.807) is 0 Å². The highest BCUT2D eigenvalue weighted by molar-refractivity contribution is 7.90. The fourth-order valence-electron chi connectivity index (χ4n) is 2.47. The van der Waals surface area contributed by atoms with Crippen LogP contribution in [0.3, 0.4) is 0 Å². The Balaban J connectivity index is 2.51. The van der Waals surface area contributed by atoms with Crippen LogP contribution in [0.4, 0.5) is 17.6 Å². The van der Waals surface area contributed by atoms with Crippen molar-refractivity contribution < 1.29 is 40.6 Å². The number of nitrogens with zero attached hydrogens (tertiary/aromatic N) is 4. The number of fused-ring (bicyclic) bond motifs is 1. The molecular formula is C14H10F4N4O5S. The van der Waals surface area contributed by atoms with Crippen molar-refractivity contribution >= 4 is 20.9 Å². The van der Waals surface area contributed by atoms with Gasteiger partial charge in [-0.2, -0.15) is 31.1 Å². The Labute approximate surface area is 154 Å². The van der Waals surface area contributed by atoms with Gasteiger partial charge in [-0.1, -0.05) is 0 Å². The molecule has 0 aliphatic heterocycles. The van der Waals surface area contributed by atoms with E-state index >= 15 is 0 Å². The maximum absolute atomic E-state index is 14.3. The summed E-state index contributed by atoms with van der Waals surface area (Å²) in [5.74, 6) is -8.55. The molecule has 0 atom stereocenters. The number of halogens is 4. The van der Waals surface area contributed by atoms with Gasteiger partial charge < -0.3 is 14.6 Å². The summed E-state index contributed by atoms with van der Waals surface area (Å²) >= 11 is 0. The highest BCUT2D eigenvalue weighted by atomic mass is 32.2. The fraction of sp³-hybridized carbons (Fsp3) is 0.214. The average Bonchev–Trinajstić information content (AvgIpc) is 2.93. The van der Waals surface area contributed by atoms with Gasteiger partial charge in [0.2, 0.25) is 5.88 Å². The molecule has 0 amide bonds. The van der Waals surface area contributed by atoms with E-state index in [1.165, 1.54) is 14.2 Å². The summed E-state index contributed by atoms with van der Waals surface area (Å²) in [4.78, 5) is 11.2. The quantitative estimate of drug-likeness (QED) is 0.620. The van der Waals surface area contributed by atoms with Gasteiger partial charge in [-0.05, 0) is 6.07 Å². The zero-order valence-corrected chi connectivity index (χ0v) is 14.8. The van der Waals surface area contributed by atoms with E-state index in [0.29, 0.717) is 6.07 Å². The zero-order valence-electron chi connectivity index (χ0n) is 14.0. The van der Waals surface area contributed by atoms with Crippen LogP contribution in [0.1, 0.15) is 0 Å². The molecule has 1 N–H and O–H groups in total. The summed E-state index contributed by atoms with van der Waals surface area (Å²) in [6.07, 6.45) is 0. The molecule has 1 aromatic carbocycles. The summed E-state index contributed by atoms with van der Waals surface area (Å²) in [5, 5.41) is 9.80. The lowest BCUT2D eigenvalue weighted by Crippen LogP contribution is -2.20. The third-order valence-electron chi connectivity index (χ3n) is 3.58. The van der Waals surface area contributed by atoms with Crippen molar-refractivity contribution in [2.24, 2.45) is 0 Å². The number of hydrogen-bond donors (Lipinski definition) is 1. The first-order valence-electron chi connectivity index (χ1n) is 7.21. The van der Waals surface area contributed by atoms with Crippen molar-refractivity contribution in [2.75, 3.05) is 14.2 Å². The third-order valence-corrected chi connectivity index (χ3v) is 4.89. The summed E-state index contributed by atoms with van der Waals surface area (Å²) in [5.41, 5.74) is -1.65. The fourth-order valence-corrected chi connectivity index (χ4v) is 3.40. The predicted octanol–water partition coefficient (Wildman–Crippen LogP) is 1.89. The van der Waals surface area contributed by atoms with Gasteiger partial charge in [0.1, 0.15) is 11.3 Å². The Bertz CT molecular complexity index is 1160. The lowest BCUT2D eigenvalue weighted by Gasteiger charge is -2.08. The van der Waals surface area contributed by atoms with Gasteiger partial charge in [-0.3, -0.25) is 0 Å². The smallest absolute Gasteiger partial charge is 0.355 e. The van der Waals surface area contributed by atoms with Crippen LogP contribution in [0.5, 0.6) is 17.9 Å². The molecule has 0 spiro atoms. The molecule has 0 saturated heterocycles. The molecule has 3 rings (SSSR count). The Hall–Kier alpha value is -3.16. The third kappa shape index (κ3) is 2.94. The van der Waals surface area contributed by atoms with E-state index in [0.717, 1.165) is 0 Å². The molecule has 0 fully saturated rings. The number of rotatable bonds is 5. The van der Waals surface area contributed by atoms with Crippen molar-refractivity contribution in [1.82, 2.24) is 18.9 Å². The van der Waals surface area contributed by atoms with E-state index in [4.69, 9.17) is 9.47 Å². The van der Waals surface area contributed by atoms with Crippen LogP contribution in [0, 0.1) is 11.6 Å². The Morgan fingerprint density at radius 2 is 1.64 bits per heavy atom. The number of aromatic nitrogens is 4. The predicted molar refractivity (Wildman–Crippen MR) is 85.8 cm³/mol. The molecular weight excluding hydrogens is 412 g/mol. The molecule has 2 aromatic heterocycles. The molecule has 2 heterocycles. The summed E-state index contributed by atoms with van der Waals surface area (Å²) < 4.78 is 87.5. The van der Waals surface area contributed by atoms with Crippen LogP contribution in [-0.4, -0.2) is 52.4 Å². The summed E-state index contributed by atoms with van der Waals surface area (Å²) in [7, 11) is -3.21. The van der Waals surface area contributed by atoms with Gasteiger partial charge >= 0.3 is 27.8 Å². The first-order chi connectivity index (χ1) is 13.1.